The topological polar surface area (TPSA) is 49.8 Å². The number of carboxylic acid groups (broad SMARTS) is 1. The molecule has 138 valence electrons. The minimum atomic E-state index is -0.654. The van der Waals surface area contributed by atoms with Crippen molar-refractivity contribution in [3.8, 4) is 0 Å². The van der Waals surface area contributed by atoms with Gasteiger partial charge in [0, 0.05) is 6.42 Å². The third-order valence-electron chi connectivity index (χ3n) is 4.13. The molecule has 0 radical (unpaired) electrons. The minimum absolute atomic E-state index is 0.344. The van der Waals surface area contributed by atoms with Crippen LogP contribution in [0.4, 0.5) is 0 Å². The Morgan fingerprint density at radius 1 is 0.783 bits per heavy atom. The first-order valence-corrected chi connectivity index (χ1v) is 9.92. The largest absolute Gasteiger partial charge is 0.481 e. The van der Waals surface area contributed by atoms with Gasteiger partial charge in [-0.2, -0.15) is 0 Å². The molecule has 0 aromatic rings. The molecule has 23 heavy (non-hydrogen) atoms. The molecule has 0 atom stereocenters. The van der Waals surface area contributed by atoms with E-state index in [0.29, 0.717) is 6.42 Å². The van der Waals surface area contributed by atoms with Crippen molar-refractivity contribution < 1.29 is 14.6 Å². The van der Waals surface area contributed by atoms with Gasteiger partial charge in [-0.05, 0) is 12.3 Å². The third-order valence-corrected chi connectivity index (χ3v) is 4.13. The first-order valence-electron chi connectivity index (χ1n) is 9.92. The van der Waals surface area contributed by atoms with E-state index >= 15 is 0 Å². The maximum Gasteiger partial charge on any atom is 0.303 e. The molecule has 0 aromatic heterocycles. The van der Waals surface area contributed by atoms with Crippen LogP contribution in [0, 0.1) is 5.92 Å². The van der Waals surface area contributed by atoms with Crippen molar-refractivity contribution in [3.05, 3.63) is 0 Å². The number of carbonyl (C=O) groups is 1. The average Bonchev–Trinajstić information content (AvgIpc) is 3.35. The van der Waals surface area contributed by atoms with Gasteiger partial charge in [0.1, 0.15) is 0 Å². The summed E-state index contributed by atoms with van der Waals surface area (Å²) in [4.78, 5) is 10.3. The fourth-order valence-corrected chi connectivity index (χ4v) is 2.60. The SMILES string of the molecule is C1CO1.CC(C)CCCCCCCCCCCCCCC(=O)O. The standard InChI is InChI=1S/C18H36O2.C2H4O/c1-17(2)15-13-11-9-7-5-3-4-6-8-10-12-14-16-18(19)20;1-2-3-1/h17H,3-16H2,1-2H3,(H,19,20);1-2H2. The van der Waals surface area contributed by atoms with Crippen LogP contribution in [0.1, 0.15) is 104 Å². The molecule has 1 fully saturated rings. The fraction of sp³-hybridized carbons (Fsp3) is 0.950. The molecule has 1 rings (SSSR count). The maximum atomic E-state index is 10.3. The molecule has 3 nitrogen and oxygen atoms in total. The molecule has 1 heterocycles. The Morgan fingerprint density at radius 3 is 1.43 bits per heavy atom. The summed E-state index contributed by atoms with van der Waals surface area (Å²) in [6.07, 6.45) is 17.3. The minimum Gasteiger partial charge on any atom is -0.481 e. The molecule has 0 aromatic carbocycles. The molecule has 3 heteroatoms. The summed E-state index contributed by atoms with van der Waals surface area (Å²) < 4.78 is 4.50. The molecule has 1 N–H and O–H groups in total. The van der Waals surface area contributed by atoms with Gasteiger partial charge in [0.15, 0.2) is 0 Å². The van der Waals surface area contributed by atoms with Crippen molar-refractivity contribution in [2.24, 2.45) is 5.92 Å². The van der Waals surface area contributed by atoms with Gasteiger partial charge in [-0.1, -0.05) is 90.9 Å². The summed E-state index contributed by atoms with van der Waals surface area (Å²) in [6.45, 7) is 6.61. The number of carboxylic acids is 1. The van der Waals surface area contributed by atoms with Crippen LogP contribution in [0.25, 0.3) is 0 Å². The van der Waals surface area contributed by atoms with Crippen LogP contribution in [0.3, 0.4) is 0 Å². The summed E-state index contributed by atoms with van der Waals surface area (Å²) in [7, 11) is 0. The second-order valence-corrected chi connectivity index (χ2v) is 7.18. The molecule has 0 amide bonds. The van der Waals surface area contributed by atoms with Gasteiger partial charge in [-0.3, -0.25) is 4.79 Å². The van der Waals surface area contributed by atoms with Gasteiger partial charge >= 0.3 is 5.97 Å². The van der Waals surface area contributed by atoms with Crippen LogP contribution in [-0.2, 0) is 9.53 Å². The highest BCUT2D eigenvalue weighted by Gasteiger charge is 1.97. The van der Waals surface area contributed by atoms with Crippen molar-refractivity contribution in [2.75, 3.05) is 13.2 Å². The Bertz CT molecular complexity index is 247. The van der Waals surface area contributed by atoms with Gasteiger partial charge in [0.25, 0.3) is 0 Å². The van der Waals surface area contributed by atoms with E-state index < -0.39 is 5.97 Å². The van der Waals surface area contributed by atoms with Gasteiger partial charge in [0.05, 0.1) is 13.2 Å². The Kier molecular flexibility index (Phi) is 17.3. The molecule has 0 aliphatic carbocycles. The monoisotopic (exact) mass is 328 g/mol. The number of hydrogen-bond acceptors (Lipinski definition) is 2. The number of unbranched alkanes of at least 4 members (excludes halogenated alkanes) is 11. The molecule has 1 aliphatic heterocycles. The second-order valence-electron chi connectivity index (χ2n) is 7.18. The summed E-state index contributed by atoms with van der Waals surface area (Å²) in [5, 5.41) is 8.52. The second kappa shape index (κ2) is 17.8. The maximum absolute atomic E-state index is 10.3. The Balaban J connectivity index is 0.00000143. The smallest absolute Gasteiger partial charge is 0.303 e. The molecule has 0 bridgehead atoms. The lowest BCUT2D eigenvalue weighted by molar-refractivity contribution is -0.137. The zero-order valence-corrected chi connectivity index (χ0v) is 15.7. The van der Waals surface area contributed by atoms with Crippen LogP contribution < -0.4 is 0 Å². The van der Waals surface area contributed by atoms with E-state index in [1.807, 2.05) is 0 Å². The number of epoxide rings is 1. The first kappa shape index (κ1) is 22.4. The molecule has 0 spiro atoms. The normalized spacial score (nSPS) is 12.8. The summed E-state index contributed by atoms with van der Waals surface area (Å²) in [5.74, 6) is 0.212. The van der Waals surface area contributed by atoms with Crippen molar-refractivity contribution >= 4 is 5.97 Å². The average molecular weight is 329 g/mol. The van der Waals surface area contributed by atoms with Gasteiger partial charge in [-0.25, -0.2) is 0 Å². The van der Waals surface area contributed by atoms with Crippen molar-refractivity contribution in [1.82, 2.24) is 0 Å². The molecular formula is C20H40O3. The highest BCUT2D eigenvalue weighted by molar-refractivity contribution is 5.66. The van der Waals surface area contributed by atoms with Crippen molar-refractivity contribution in [3.63, 3.8) is 0 Å². The van der Waals surface area contributed by atoms with Crippen LogP contribution in [0.2, 0.25) is 0 Å². The van der Waals surface area contributed by atoms with Gasteiger partial charge in [-0.15, -0.1) is 0 Å². The van der Waals surface area contributed by atoms with E-state index in [1.165, 1.54) is 70.6 Å². The predicted molar refractivity (Wildman–Crippen MR) is 97.9 cm³/mol. The van der Waals surface area contributed by atoms with Crippen LogP contribution in [-0.4, -0.2) is 24.3 Å². The first-order chi connectivity index (χ1) is 11.1. The van der Waals surface area contributed by atoms with Crippen molar-refractivity contribution in [2.45, 2.75) is 104 Å². The van der Waals surface area contributed by atoms with E-state index in [2.05, 4.69) is 18.6 Å². The van der Waals surface area contributed by atoms with E-state index in [-0.39, 0.29) is 0 Å². The summed E-state index contributed by atoms with van der Waals surface area (Å²) in [6, 6.07) is 0. The Hall–Kier alpha value is -0.570. The zero-order chi connectivity index (χ0) is 17.2. The number of ether oxygens (including phenoxy) is 1. The Morgan fingerprint density at radius 2 is 1.13 bits per heavy atom. The molecular weight excluding hydrogens is 288 g/mol. The highest BCUT2D eigenvalue weighted by atomic mass is 16.6. The van der Waals surface area contributed by atoms with E-state index in [1.54, 1.807) is 0 Å². The lowest BCUT2D eigenvalue weighted by Gasteiger charge is -2.04. The molecule has 1 aliphatic rings. The number of rotatable bonds is 15. The zero-order valence-electron chi connectivity index (χ0n) is 15.7. The van der Waals surface area contributed by atoms with E-state index in [0.717, 1.165) is 32.0 Å². The van der Waals surface area contributed by atoms with Crippen LogP contribution in [0.5, 0.6) is 0 Å². The van der Waals surface area contributed by atoms with Crippen LogP contribution >= 0.6 is 0 Å². The summed E-state index contributed by atoms with van der Waals surface area (Å²) in [5.41, 5.74) is 0. The number of hydrogen-bond donors (Lipinski definition) is 1. The fourth-order valence-electron chi connectivity index (χ4n) is 2.60. The highest BCUT2D eigenvalue weighted by Crippen LogP contribution is 2.14. The van der Waals surface area contributed by atoms with E-state index in [9.17, 15) is 4.79 Å². The lowest BCUT2D eigenvalue weighted by Crippen LogP contribution is -1.93. The third kappa shape index (κ3) is 26.6. The van der Waals surface area contributed by atoms with Gasteiger partial charge in [0.2, 0.25) is 0 Å². The predicted octanol–water partition coefficient (Wildman–Crippen LogP) is 6.21. The quantitative estimate of drug-likeness (QED) is 0.287. The van der Waals surface area contributed by atoms with Crippen molar-refractivity contribution in [1.29, 1.82) is 0 Å². The molecule has 1 saturated heterocycles. The van der Waals surface area contributed by atoms with E-state index in [4.69, 9.17) is 5.11 Å². The summed E-state index contributed by atoms with van der Waals surface area (Å²) >= 11 is 0. The lowest BCUT2D eigenvalue weighted by atomic mass is 10.0. The number of aliphatic carboxylic acids is 1. The Labute approximate surface area is 144 Å². The molecule has 0 unspecified atom stereocenters. The van der Waals surface area contributed by atoms with Crippen LogP contribution in [0.15, 0.2) is 0 Å². The van der Waals surface area contributed by atoms with Gasteiger partial charge < -0.3 is 9.84 Å². The molecule has 0 saturated carbocycles.